The maximum Gasteiger partial charge on any atom is 0.164 e. The highest BCUT2D eigenvalue weighted by Gasteiger charge is 2.22. The smallest absolute Gasteiger partial charge is 0.164 e. The third-order valence-electron chi connectivity index (χ3n) is 11.3. The standard InChI is InChI=1S/C45H17B10N3O/c46-33-31(34(47)38(51)41(54)37(33)50)44-56-43(57-45(58-44)32-35(48)39(52)42(55)40(53)36(32)49)20-10-13-26-28-16-19(11-14-29(28)59-30(26)17-20)18-9-12-25-23-7-2-1-5-21(23)22-6-3-4-8-24(22)27(25)15-18/h1-17H. The minimum Gasteiger partial charge on any atom is -0.456 e. The van der Waals surface area contributed by atoms with Crippen molar-refractivity contribution in [2.24, 2.45) is 0 Å². The van der Waals surface area contributed by atoms with Crippen LogP contribution >= 0.6 is 0 Å². The maximum atomic E-state index is 6.47. The Bertz CT molecular complexity index is 3300. The van der Waals surface area contributed by atoms with E-state index >= 15 is 0 Å². The van der Waals surface area contributed by atoms with Crippen molar-refractivity contribution >= 4 is 187 Å². The molecule has 0 spiro atoms. The summed E-state index contributed by atoms with van der Waals surface area (Å²) in [5.74, 6) is 0.206. The van der Waals surface area contributed by atoms with Gasteiger partial charge in [-0.1, -0.05) is 94.6 Å². The number of fused-ring (bicyclic) bond motifs is 9. The van der Waals surface area contributed by atoms with Gasteiger partial charge in [0.2, 0.25) is 0 Å². The molecule has 59 heavy (non-hydrogen) atoms. The molecule has 20 radical (unpaired) electrons. The molecule has 0 aliphatic rings. The van der Waals surface area contributed by atoms with Crippen molar-refractivity contribution in [3.05, 3.63) is 103 Å². The van der Waals surface area contributed by atoms with Crippen LogP contribution in [0.2, 0.25) is 0 Å². The number of nitrogens with zero attached hydrogens (tertiary/aromatic N) is 3. The van der Waals surface area contributed by atoms with Gasteiger partial charge < -0.3 is 4.42 Å². The molecule has 0 unspecified atom stereocenters. The van der Waals surface area contributed by atoms with Crippen molar-refractivity contribution < 1.29 is 4.42 Å². The molecule has 14 heteroatoms. The summed E-state index contributed by atoms with van der Waals surface area (Å²) in [4.78, 5) is 14.3. The predicted octanol–water partition coefficient (Wildman–Crippen LogP) is -0.163. The van der Waals surface area contributed by atoms with Crippen molar-refractivity contribution in [2.45, 2.75) is 0 Å². The molecule has 0 fully saturated rings. The van der Waals surface area contributed by atoms with Gasteiger partial charge in [-0.2, -0.15) is 0 Å². The zero-order chi connectivity index (χ0) is 41.0. The van der Waals surface area contributed by atoms with Gasteiger partial charge >= 0.3 is 0 Å². The Morgan fingerprint density at radius 3 is 1.17 bits per heavy atom. The SMILES string of the molecule is [B]c1c([B])c([B])c(-c2nc(-c3ccc4c(c3)oc3ccc(-c5ccc6c7ccccc7c7ccccc7c6c5)cc34)nc(-c3c([B])c([B])c([B])c([B])c3[B])n2)c([B])c1[B]. The molecule has 8 aromatic carbocycles. The Morgan fingerprint density at radius 2 is 0.661 bits per heavy atom. The number of rotatable bonds is 4. The predicted molar refractivity (Wildman–Crippen MR) is 255 cm³/mol. The molecule has 248 valence electrons. The molecule has 0 aliphatic carbocycles. The van der Waals surface area contributed by atoms with Crippen LogP contribution in [0.25, 0.3) is 99.5 Å². The molecule has 2 heterocycles. The van der Waals surface area contributed by atoms with Gasteiger partial charge in [0.25, 0.3) is 0 Å². The van der Waals surface area contributed by atoms with Gasteiger partial charge in [-0.3, -0.25) is 0 Å². The normalized spacial score (nSPS) is 11.7. The first-order valence-electron chi connectivity index (χ1n) is 18.5. The number of benzene rings is 8. The maximum absolute atomic E-state index is 6.47. The van der Waals surface area contributed by atoms with E-state index in [0.29, 0.717) is 16.7 Å². The molecule has 0 saturated carbocycles. The van der Waals surface area contributed by atoms with E-state index in [1.807, 2.05) is 24.3 Å². The Balaban J connectivity index is 1.14. The summed E-state index contributed by atoms with van der Waals surface area (Å²) in [7, 11) is 63.1. The number of furan rings is 1. The number of hydrogen-bond donors (Lipinski definition) is 0. The minimum atomic E-state index is 0.0108. The first-order chi connectivity index (χ1) is 28.4. The lowest BCUT2D eigenvalue weighted by atomic mass is 9.60. The van der Waals surface area contributed by atoms with Crippen LogP contribution in [-0.4, -0.2) is 93.4 Å². The fourth-order valence-corrected chi connectivity index (χ4v) is 8.09. The van der Waals surface area contributed by atoms with Gasteiger partial charge in [0.15, 0.2) is 17.5 Å². The molecule has 4 nitrogen and oxygen atoms in total. The lowest BCUT2D eigenvalue weighted by molar-refractivity contribution is 0.669. The van der Waals surface area contributed by atoms with E-state index in [1.54, 1.807) is 0 Å². The largest absolute Gasteiger partial charge is 0.456 e. The molecule has 0 atom stereocenters. The summed E-state index contributed by atoms with van der Waals surface area (Å²) >= 11 is 0. The van der Waals surface area contributed by atoms with Crippen LogP contribution in [0.15, 0.2) is 108 Å². The molecule has 0 bridgehead atoms. The van der Waals surface area contributed by atoms with Gasteiger partial charge in [-0.25, -0.2) is 15.0 Å². The third-order valence-corrected chi connectivity index (χ3v) is 11.3. The first kappa shape index (κ1) is 37.3. The van der Waals surface area contributed by atoms with E-state index in [1.165, 1.54) is 32.3 Å². The third kappa shape index (κ3) is 5.70. The van der Waals surface area contributed by atoms with Crippen LogP contribution in [0.4, 0.5) is 0 Å². The second-order valence-electron chi connectivity index (χ2n) is 14.6. The second kappa shape index (κ2) is 13.8. The molecule has 10 rings (SSSR count). The summed E-state index contributed by atoms with van der Waals surface area (Å²) < 4.78 is 6.43. The number of aromatic nitrogens is 3. The van der Waals surface area contributed by atoms with Crippen molar-refractivity contribution in [3.63, 3.8) is 0 Å². The summed E-state index contributed by atoms with van der Waals surface area (Å²) in [6.45, 7) is 0. The zero-order valence-electron chi connectivity index (χ0n) is 31.3. The average Bonchev–Trinajstić information content (AvgIpc) is 3.63. The van der Waals surface area contributed by atoms with E-state index in [4.69, 9.17) is 92.8 Å². The lowest BCUT2D eigenvalue weighted by Gasteiger charge is -2.22. The average molecular weight is 724 g/mol. The molecule has 0 aliphatic heterocycles. The quantitative estimate of drug-likeness (QED) is 0.187. The van der Waals surface area contributed by atoms with Gasteiger partial charge in [0.1, 0.15) is 89.6 Å². The number of hydrogen-bond acceptors (Lipinski definition) is 4. The van der Waals surface area contributed by atoms with E-state index in [2.05, 4.69) is 83.8 Å². The van der Waals surface area contributed by atoms with Gasteiger partial charge in [-0.05, 0) is 73.8 Å². The van der Waals surface area contributed by atoms with Crippen LogP contribution in [0.3, 0.4) is 0 Å². The fourth-order valence-electron chi connectivity index (χ4n) is 8.09. The van der Waals surface area contributed by atoms with E-state index in [0.717, 1.165) is 21.9 Å². The first-order valence-corrected chi connectivity index (χ1v) is 18.5. The highest BCUT2D eigenvalue weighted by molar-refractivity contribution is 6.70. The van der Waals surface area contributed by atoms with Crippen LogP contribution < -0.4 is 54.6 Å². The molecule has 10 aromatic rings. The van der Waals surface area contributed by atoms with Gasteiger partial charge in [-0.15, -0.1) is 32.8 Å². The van der Waals surface area contributed by atoms with Crippen LogP contribution in [0, 0.1) is 0 Å². The van der Waals surface area contributed by atoms with Crippen molar-refractivity contribution in [1.29, 1.82) is 0 Å². The summed E-state index contributed by atoms with van der Waals surface area (Å²) in [6, 6.07) is 35.6. The van der Waals surface area contributed by atoms with Crippen LogP contribution in [0.1, 0.15) is 0 Å². The monoisotopic (exact) mass is 725 g/mol. The van der Waals surface area contributed by atoms with Gasteiger partial charge in [0, 0.05) is 27.5 Å². The Labute approximate surface area is 353 Å². The molecule has 0 saturated heterocycles. The highest BCUT2D eigenvalue weighted by atomic mass is 16.3. The van der Waals surface area contributed by atoms with Crippen LogP contribution in [0.5, 0.6) is 0 Å². The second-order valence-corrected chi connectivity index (χ2v) is 14.6. The Morgan fingerprint density at radius 1 is 0.288 bits per heavy atom. The molecule has 0 amide bonds. The van der Waals surface area contributed by atoms with Crippen molar-refractivity contribution in [2.75, 3.05) is 0 Å². The van der Waals surface area contributed by atoms with Crippen molar-refractivity contribution in [1.82, 2.24) is 15.0 Å². The Hall–Kier alpha value is -6.00. The molecular weight excluding hydrogens is 707 g/mol. The topological polar surface area (TPSA) is 51.8 Å². The van der Waals surface area contributed by atoms with E-state index in [9.17, 15) is 0 Å². The molecule has 0 N–H and O–H groups in total. The van der Waals surface area contributed by atoms with Crippen molar-refractivity contribution in [3.8, 4) is 45.3 Å². The van der Waals surface area contributed by atoms with E-state index in [-0.39, 0.29) is 83.2 Å². The minimum absolute atomic E-state index is 0.0108. The summed E-state index contributed by atoms with van der Waals surface area (Å²) in [5.41, 5.74) is 4.47. The van der Waals surface area contributed by atoms with E-state index < -0.39 is 0 Å². The highest BCUT2D eigenvalue weighted by Crippen LogP contribution is 2.39. The molecular formula is C45H17B10N3O. The summed E-state index contributed by atoms with van der Waals surface area (Å²) in [6.07, 6.45) is 0. The zero-order valence-corrected chi connectivity index (χ0v) is 31.3. The Kier molecular flexibility index (Phi) is 8.72. The summed E-state index contributed by atoms with van der Waals surface area (Å²) in [5, 5.41) is 9.10. The molecule has 2 aromatic heterocycles. The van der Waals surface area contributed by atoms with Gasteiger partial charge in [0.05, 0.1) is 0 Å². The lowest BCUT2D eigenvalue weighted by Crippen LogP contribution is -2.55. The fraction of sp³-hybridized carbons (Fsp3) is 0. The van der Waals surface area contributed by atoms with Crippen LogP contribution in [-0.2, 0) is 0 Å².